The maximum atomic E-state index is 12.5. The Labute approximate surface area is 163 Å². The molecule has 28 heavy (non-hydrogen) atoms. The van der Waals surface area contributed by atoms with Gasteiger partial charge < -0.3 is 5.32 Å². The summed E-state index contributed by atoms with van der Waals surface area (Å²) in [7, 11) is 0. The van der Waals surface area contributed by atoms with Crippen molar-refractivity contribution in [3.05, 3.63) is 47.7 Å². The molecule has 0 unspecified atom stereocenters. The summed E-state index contributed by atoms with van der Waals surface area (Å²) >= 11 is 0. The maximum Gasteiger partial charge on any atom is 0.245 e. The highest BCUT2D eigenvalue weighted by Gasteiger charge is 2.48. The number of aromatic nitrogens is 2. The van der Waals surface area contributed by atoms with Crippen molar-refractivity contribution in [3.8, 4) is 0 Å². The summed E-state index contributed by atoms with van der Waals surface area (Å²) in [6.07, 6.45) is 5.05. The molecule has 2 aliphatic rings. The minimum absolute atomic E-state index is 0.196. The number of nitrogens with one attached hydrogen (secondary N) is 1. The average Bonchev–Trinajstić information content (AvgIpc) is 3.20. The molecule has 2 atom stereocenters. The van der Waals surface area contributed by atoms with E-state index in [0.717, 1.165) is 41.7 Å². The summed E-state index contributed by atoms with van der Waals surface area (Å²) in [4.78, 5) is 38.7. The zero-order valence-corrected chi connectivity index (χ0v) is 15.9. The van der Waals surface area contributed by atoms with E-state index in [1.54, 1.807) is 16.9 Å². The van der Waals surface area contributed by atoms with Crippen LogP contribution >= 0.6 is 0 Å². The number of fused-ring (bicyclic) bond motifs is 1. The van der Waals surface area contributed by atoms with Crippen molar-refractivity contribution < 1.29 is 14.4 Å². The molecule has 1 aromatic heterocycles. The van der Waals surface area contributed by atoms with Crippen LogP contribution in [0.1, 0.15) is 36.8 Å². The zero-order valence-electron chi connectivity index (χ0n) is 15.9. The average molecular weight is 380 g/mol. The van der Waals surface area contributed by atoms with Crippen LogP contribution in [-0.4, -0.2) is 38.9 Å². The van der Waals surface area contributed by atoms with Gasteiger partial charge in [-0.15, -0.1) is 0 Å². The molecule has 1 saturated heterocycles. The molecule has 7 nitrogen and oxygen atoms in total. The molecule has 1 aromatic carbocycles. The fourth-order valence-corrected chi connectivity index (χ4v) is 4.26. The lowest BCUT2D eigenvalue weighted by Gasteiger charge is -2.19. The Morgan fingerprint density at radius 3 is 2.54 bits per heavy atom. The Morgan fingerprint density at radius 1 is 1.14 bits per heavy atom. The normalized spacial score (nSPS) is 21.7. The topological polar surface area (TPSA) is 84.3 Å². The molecule has 1 N–H and O–H groups in total. The molecule has 0 radical (unpaired) electrons. The standard InChI is InChI=1S/C21H24N4O3/c1-14-5-4-6-15(11-14)12-25-18(9-10-22-25)23-19(26)13-24-20(27)16-7-2-3-8-17(16)21(24)28/h4-6,9-11,16-17H,2-3,7-8,12-13H2,1H3,(H,23,26)/t16-,17-/m0/s1. The van der Waals surface area contributed by atoms with E-state index in [0.29, 0.717) is 12.4 Å². The Bertz CT molecular complexity index is 896. The van der Waals surface area contributed by atoms with Crippen LogP contribution < -0.4 is 5.32 Å². The van der Waals surface area contributed by atoms with Crippen LogP contribution in [0.15, 0.2) is 36.5 Å². The van der Waals surface area contributed by atoms with Crippen molar-refractivity contribution in [2.75, 3.05) is 11.9 Å². The monoisotopic (exact) mass is 380 g/mol. The van der Waals surface area contributed by atoms with Crippen molar-refractivity contribution >= 4 is 23.5 Å². The molecule has 7 heteroatoms. The van der Waals surface area contributed by atoms with Gasteiger partial charge in [0.1, 0.15) is 12.4 Å². The predicted octanol–water partition coefficient (Wildman–Crippen LogP) is 2.35. The number of carbonyl (C=O) groups excluding carboxylic acids is 3. The molecule has 146 valence electrons. The lowest BCUT2D eigenvalue weighted by molar-refractivity contribution is -0.142. The van der Waals surface area contributed by atoms with Crippen molar-refractivity contribution in [1.29, 1.82) is 0 Å². The number of rotatable bonds is 5. The highest BCUT2D eigenvalue weighted by molar-refractivity contribution is 6.08. The SMILES string of the molecule is Cc1cccc(Cn2nccc2NC(=O)CN2C(=O)[C@H]3CCCC[C@@H]3C2=O)c1. The number of carbonyl (C=O) groups is 3. The number of benzene rings is 1. The van der Waals surface area contributed by atoms with Crippen LogP contribution in [0.25, 0.3) is 0 Å². The second-order valence-corrected chi connectivity index (χ2v) is 7.67. The molecule has 2 fully saturated rings. The Kier molecular flexibility index (Phi) is 4.98. The van der Waals surface area contributed by atoms with E-state index in [4.69, 9.17) is 0 Å². The third kappa shape index (κ3) is 3.56. The van der Waals surface area contributed by atoms with Gasteiger partial charge in [-0.1, -0.05) is 42.7 Å². The Hall–Kier alpha value is -2.96. The van der Waals surface area contributed by atoms with Gasteiger partial charge in [-0.3, -0.25) is 19.3 Å². The molecular formula is C21H24N4O3. The van der Waals surface area contributed by atoms with E-state index in [2.05, 4.69) is 16.5 Å². The van der Waals surface area contributed by atoms with Crippen LogP contribution in [0.5, 0.6) is 0 Å². The van der Waals surface area contributed by atoms with Gasteiger partial charge in [-0.25, -0.2) is 4.68 Å². The highest BCUT2D eigenvalue weighted by Crippen LogP contribution is 2.37. The van der Waals surface area contributed by atoms with E-state index in [9.17, 15) is 14.4 Å². The fourth-order valence-electron chi connectivity index (χ4n) is 4.26. The van der Waals surface area contributed by atoms with Crippen molar-refractivity contribution in [1.82, 2.24) is 14.7 Å². The van der Waals surface area contributed by atoms with Crippen LogP contribution in [0.2, 0.25) is 0 Å². The summed E-state index contributed by atoms with van der Waals surface area (Å²) in [6.45, 7) is 2.31. The summed E-state index contributed by atoms with van der Waals surface area (Å²) < 4.78 is 1.69. The van der Waals surface area contributed by atoms with E-state index in [-0.39, 0.29) is 36.1 Å². The van der Waals surface area contributed by atoms with E-state index < -0.39 is 0 Å². The lowest BCUT2D eigenvalue weighted by atomic mass is 9.81. The first-order valence-electron chi connectivity index (χ1n) is 9.75. The summed E-state index contributed by atoms with van der Waals surface area (Å²) in [6, 6.07) is 9.79. The number of nitrogens with zero attached hydrogens (tertiary/aromatic N) is 3. The van der Waals surface area contributed by atoms with Crippen LogP contribution in [0.3, 0.4) is 0 Å². The molecule has 4 rings (SSSR count). The molecule has 0 bridgehead atoms. The first-order chi connectivity index (χ1) is 13.5. The molecule has 0 spiro atoms. The second kappa shape index (κ2) is 7.58. The molecule has 3 amide bonds. The quantitative estimate of drug-likeness (QED) is 0.807. The number of hydrogen-bond donors (Lipinski definition) is 1. The molecule has 1 aliphatic carbocycles. The third-order valence-electron chi connectivity index (χ3n) is 5.63. The molecule has 2 aromatic rings. The first kappa shape index (κ1) is 18.4. The van der Waals surface area contributed by atoms with Gasteiger partial charge in [-0.05, 0) is 25.3 Å². The predicted molar refractivity (Wildman–Crippen MR) is 103 cm³/mol. The number of imide groups is 1. The van der Waals surface area contributed by atoms with Gasteiger partial charge in [0.25, 0.3) is 0 Å². The molecule has 2 heterocycles. The van der Waals surface area contributed by atoms with Crippen molar-refractivity contribution in [3.63, 3.8) is 0 Å². The molecule has 1 saturated carbocycles. The van der Waals surface area contributed by atoms with Gasteiger partial charge in [-0.2, -0.15) is 5.10 Å². The van der Waals surface area contributed by atoms with Gasteiger partial charge >= 0.3 is 0 Å². The number of likely N-dealkylation sites (tertiary alicyclic amines) is 1. The minimum Gasteiger partial charge on any atom is -0.309 e. The Balaban J connectivity index is 1.41. The zero-order chi connectivity index (χ0) is 19.7. The van der Waals surface area contributed by atoms with Crippen molar-refractivity contribution in [2.45, 2.75) is 39.2 Å². The number of hydrogen-bond acceptors (Lipinski definition) is 4. The van der Waals surface area contributed by atoms with E-state index in [1.165, 1.54) is 0 Å². The molecule has 1 aliphatic heterocycles. The van der Waals surface area contributed by atoms with Crippen LogP contribution in [-0.2, 0) is 20.9 Å². The number of aryl methyl sites for hydroxylation is 1. The summed E-state index contributed by atoms with van der Waals surface area (Å²) in [5.41, 5.74) is 2.23. The van der Waals surface area contributed by atoms with Gasteiger partial charge in [0, 0.05) is 6.07 Å². The van der Waals surface area contributed by atoms with E-state index in [1.807, 2.05) is 25.1 Å². The summed E-state index contributed by atoms with van der Waals surface area (Å²) in [5.74, 6) is -0.701. The number of anilines is 1. The largest absolute Gasteiger partial charge is 0.309 e. The fraction of sp³-hybridized carbons (Fsp3) is 0.429. The van der Waals surface area contributed by atoms with Gasteiger partial charge in [0.15, 0.2) is 0 Å². The smallest absolute Gasteiger partial charge is 0.245 e. The Morgan fingerprint density at radius 2 is 1.86 bits per heavy atom. The van der Waals surface area contributed by atoms with Gasteiger partial charge in [0.05, 0.1) is 24.6 Å². The maximum absolute atomic E-state index is 12.5. The third-order valence-corrected chi connectivity index (χ3v) is 5.63. The van der Waals surface area contributed by atoms with Crippen LogP contribution in [0, 0.1) is 18.8 Å². The lowest BCUT2D eigenvalue weighted by Crippen LogP contribution is -2.38. The van der Waals surface area contributed by atoms with E-state index >= 15 is 0 Å². The van der Waals surface area contributed by atoms with Gasteiger partial charge in [0.2, 0.25) is 17.7 Å². The molecular weight excluding hydrogens is 356 g/mol. The van der Waals surface area contributed by atoms with Crippen molar-refractivity contribution in [2.24, 2.45) is 11.8 Å². The minimum atomic E-state index is -0.383. The first-order valence-corrected chi connectivity index (χ1v) is 9.75. The highest BCUT2D eigenvalue weighted by atomic mass is 16.2. The number of amides is 3. The second-order valence-electron chi connectivity index (χ2n) is 7.67. The summed E-state index contributed by atoms with van der Waals surface area (Å²) in [5, 5.41) is 7.06. The van der Waals surface area contributed by atoms with Crippen LogP contribution in [0.4, 0.5) is 5.82 Å².